The summed E-state index contributed by atoms with van der Waals surface area (Å²) in [7, 11) is 0. The van der Waals surface area contributed by atoms with Gasteiger partial charge in [0.25, 0.3) is 5.69 Å². The van der Waals surface area contributed by atoms with E-state index in [4.69, 9.17) is 10.5 Å². The van der Waals surface area contributed by atoms with E-state index in [1.54, 1.807) is 20.8 Å². The number of rotatable bonds is 2. The number of ether oxygens (including phenoxy) is 1. The summed E-state index contributed by atoms with van der Waals surface area (Å²) < 4.78 is 5.07. The molecule has 0 heterocycles. The van der Waals surface area contributed by atoms with Crippen molar-refractivity contribution in [3.05, 3.63) is 33.9 Å². The SMILES string of the molecule is CC(C)(C)OC(=O)c1c(N)cccc1[N+](=O)[O-]. The Bertz CT molecular complexity index is 463. The lowest BCUT2D eigenvalue weighted by Gasteiger charge is -2.19. The van der Waals surface area contributed by atoms with Crippen molar-refractivity contribution < 1.29 is 14.5 Å². The zero-order valence-corrected chi connectivity index (χ0v) is 9.89. The molecule has 0 aliphatic heterocycles. The van der Waals surface area contributed by atoms with Crippen LogP contribution in [-0.4, -0.2) is 16.5 Å². The summed E-state index contributed by atoms with van der Waals surface area (Å²) in [5, 5.41) is 10.8. The molecule has 1 rings (SSSR count). The minimum Gasteiger partial charge on any atom is -0.456 e. The molecule has 0 aliphatic carbocycles. The van der Waals surface area contributed by atoms with Crippen LogP contribution in [0.4, 0.5) is 11.4 Å². The van der Waals surface area contributed by atoms with Crippen LogP contribution in [0.1, 0.15) is 31.1 Å². The fourth-order valence-electron chi connectivity index (χ4n) is 1.26. The maximum absolute atomic E-state index is 11.8. The second-order valence-electron chi connectivity index (χ2n) is 4.50. The first-order valence-corrected chi connectivity index (χ1v) is 4.98. The molecular weight excluding hydrogens is 224 g/mol. The van der Waals surface area contributed by atoms with Crippen molar-refractivity contribution in [3.8, 4) is 0 Å². The number of nitro groups is 1. The molecule has 0 saturated heterocycles. The van der Waals surface area contributed by atoms with Crippen LogP contribution in [0.5, 0.6) is 0 Å². The molecule has 0 spiro atoms. The van der Waals surface area contributed by atoms with Crippen LogP contribution in [0.2, 0.25) is 0 Å². The van der Waals surface area contributed by atoms with E-state index in [2.05, 4.69) is 0 Å². The van der Waals surface area contributed by atoms with Gasteiger partial charge in [0.15, 0.2) is 5.56 Å². The number of carbonyl (C=O) groups is 1. The fraction of sp³-hybridized carbons (Fsp3) is 0.364. The average Bonchev–Trinajstić information content (AvgIpc) is 2.13. The smallest absolute Gasteiger partial charge is 0.347 e. The van der Waals surface area contributed by atoms with Gasteiger partial charge in [-0.15, -0.1) is 0 Å². The Kier molecular flexibility index (Phi) is 3.36. The maximum Gasteiger partial charge on any atom is 0.347 e. The second kappa shape index (κ2) is 4.40. The molecule has 92 valence electrons. The van der Waals surface area contributed by atoms with Gasteiger partial charge in [-0.05, 0) is 26.8 Å². The quantitative estimate of drug-likeness (QED) is 0.368. The van der Waals surface area contributed by atoms with Crippen LogP contribution in [0.25, 0.3) is 0 Å². The van der Waals surface area contributed by atoms with Crippen molar-refractivity contribution >= 4 is 17.3 Å². The summed E-state index contributed by atoms with van der Waals surface area (Å²) in [6.45, 7) is 5.03. The Morgan fingerprint density at radius 2 is 2.00 bits per heavy atom. The fourth-order valence-corrected chi connectivity index (χ4v) is 1.26. The highest BCUT2D eigenvalue weighted by Crippen LogP contribution is 2.26. The molecule has 0 amide bonds. The Hall–Kier alpha value is -2.11. The summed E-state index contributed by atoms with van der Waals surface area (Å²) in [6.07, 6.45) is 0. The summed E-state index contributed by atoms with van der Waals surface area (Å²) >= 11 is 0. The largest absolute Gasteiger partial charge is 0.456 e. The van der Waals surface area contributed by atoms with Crippen LogP contribution in [0, 0.1) is 10.1 Å². The lowest BCUT2D eigenvalue weighted by molar-refractivity contribution is -0.385. The first kappa shape index (κ1) is 13.0. The van der Waals surface area contributed by atoms with E-state index in [-0.39, 0.29) is 16.9 Å². The van der Waals surface area contributed by atoms with Crippen LogP contribution < -0.4 is 5.73 Å². The number of nitro benzene ring substituents is 1. The zero-order chi connectivity index (χ0) is 13.2. The molecule has 6 nitrogen and oxygen atoms in total. The minimum atomic E-state index is -0.790. The lowest BCUT2D eigenvalue weighted by atomic mass is 10.1. The predicted molar refractivity (Wildman–Crippen MR) is 62.7 cm³/mol. The van der Waals surface area contributed by atoms with Crippen molar-refractivity contribution in [2.24, 2.45) is 0 Å². The van der Waals surface area contributed by atoms with Gasteiger partial charge in [-0.2, -0.15) is 0 Å². The topological polar surface area (TPSA) is 95.5 Å². The summed E-state index contributed by atoms with van der Waals surface area (Å²) in [6, 6.07) is 4.06. The molecule has 0 radical (unpaired) electrons. The molecule has 2 N–H and O–H groups in total. The Labute approximate surface area is 98.5 Å². The molecule has 1 aromatic rings. The molecule has 0 bridgehead atoms. The second-order valence-corrected chi connectivity index (χ2v) is 4.50. The monoisotopic (exact) mass is 238 g/mol. The van der Waals surface area contributed by atoms with E-state index in [0.29, 0.717) is 0 Å². The number of carbonyl (C=O) groups excluding carboxylic acids is 1. The van der Waals surface area contributed by atoms with E-state index < -0.39 is 16.5 Å². The van der Waals surface area contributed by atoms with E-state index >= 15 is 0 Å². The molecule has 0 aliphatic rings. The van der Waals surface area contributed by atoms with Crippen LogP contribution >= 0.6 is 0 Å². The first-order valence-electron chi connectivity index (χ1n) is 4.98. The van der Waals surface area contributed by atoms with Gasteiger partial charge in [-0.25, -0.2) is 4.79 Å². The van der Waals surface area contributed by atoms with Crippen molar-refractivity contribution in [2.45, 2.75) is 26.4 Å². The van der Waals surface area contributed by atoms with Gasteiger partial charge in [0.05, 0.1) is 10.6 Å². The van der Waals surface area contributed by atoms with Crippen LogP contribution in [-0.2, 0) is 4.74 Å². The maximum atomic E-state index is 11.8. The molecule has 0 atom stereocenters. The predicted octanol–water partition coefficient (Wildman–Crippen LogP) is 2.13. The number of nitrogens with two attached hydrogens (primary N) is 1. The molecule has 0 aromatic heterocycles. The van der Waals surface area contributed by atoms with Gasteiger partial charge >= 0.3 is 5.97 Å². The zero-order valence-electron chi connectivity index (χ0n) is 9.89. The molecule has 6 heteroatoms. The Morgan fingerprint density at radius 1 is 1.41 bits per heavy atom. The van der Waals surface area contributed by atoms with E-state index in [1.807, 2.05) is 0 Å². The van der Waals surface area contributed by atoms with Crippen LogP contribution in [0.3, 0.4) is 0 Å². The molecule has 17 heavy (non-hydrogen) atoms. The molecule has 0 saturated carbocycles. The minimum absolute atomic E-state index is 0.0356. The number of hydrogen-bond acceptors (Lipinski definition) is 5. The molecule has 1 aromatic carbocycles. The van der Waals surface area contributed by atoms with Gasteiger partial charge in [-0.1, -0.05) is 6.07 Å². The highest BCUT2D eigenvalue weighted by molar-refractivity contribution is 5.99. The third-order valence-electron chi connectivity index (χ3n) is 1.87. The van der Waals surface area contributed by atoms with Gasteiger partial charge in [0, 0.05) is 6.07 Å². The molecular formula is C11H14N2O4. The lowest BCUT2D eigenvalue weighted by Crippen LogP contribution is -2.25. The highest BCUT2D eigenvalue weighted by Gasteiger charge is 2.27. The number of hydrogen-bond donors (Lipinski definition) is 1. The summed E-state index contributed by atoms with van der Waals surface area (Å²) in [5.74, 6) is -0.790. The number of nitrogen functional groups attached to an aromatic ring is 1. The average molecular weight is 238 g/mol. The van der Waals surface area contributed by atoms with Gasteiger partial charge in [0.2, 0.25) is 0 Å². The molecule has 0 unspecified atom stereocenters. The normalized spacial score (nSPS) is 11.0. The number of nitrogens with zero attached hydrogens (tertiary/aromatic N) is 1. The summed E-state index contributed by atoms with van der Waals surface area (Å²) in [4.78, 5) is 21.9. The van der Waals surface area contributed by atoms with E-state index in [9.17, 15) is 14.9 Å². The van der Waals surface area contributed by atoms with E-state index in [1.165, 1.54) is 18.2 Å². The number of benzene rings is 1. The number of anilines is 1. The standard InChI is InChI=1S/C11H14N2O4/c1-11(2,3)17-10(14)9-7(12)5-4-6-8(9)13(15)16/h4-6H,12H2,1-3H3. The van der Waals surface area contributed by atoms with Gasteiger partial charge < -0.3 is 10.5 Å². The van der Waals surface area contributed by atoms with Gasteiger partial charge in [0.1, 0.15) is 5.60 Å². The third-order valence-corrected chi connectivity index (χ3v) is 1.87. The highest BCUT2D eigenvalue weighted by atomic mass is 16.6. The van der Waals surface area contributed by atoms with Crippen LogP contribution in [0.15, 0.2) is 18.2 Å². The first-order chi connectivity index (χ1) is 7.72. The van der Waals surface area contributed by atoms with Crippen molar-refractivity contribution in [1.82, 2.24) is 0 Å². The van der Waals surface area contributed by atoms with Crippen molar-refractivity contribution in [2.75, 3.05) is 5.73 Å². The number of esters is 1. The third kappa shape index (κ3) is 3.17. The molecule has 0 fully saturated rings. The van der Waals surface area contributed by atoms with Crippen molar-refractivity contribution in [3.63, 3.8) is 0 Å². The van der Waals surface area contributed by atoms with Gasteiger partial charge in [-0.3, -0.25) is 10.1 Å². The van der Waals surface area contributed by atoms with E-state index in [0.717, 1.165) is 0 Å². The van der Waals surface area contributed by atoms with Crippen molar-refractivity contribution in [1.29, 1.82) is 0 Å². The Balaban J connectivity index is 3.21. The Morgan fingerprint density at radius 3 is 2.47 bits per heavy atom. The summed E-state index contributed by atoms with van der Waals surface area (Å²) in [5.41, 5.74) is 4.33.